The van der Waals surface area contributed by atoms with Gasteiger partial charge in [-0.05, 0) is 49.9 Å². The number of benzene rings is 1. The molecule has 0 unspecified atom stereocenters. The maximum absolute atomic E-state index is 6.19. The lowest BCUT2D eigenvalue weighted by molar-refractivity contribution is 0.628. The number of rotatable bonds is 5. The van der Waals surface area contributed by atoms with Crippen molar-refractivity contribution in [2.24, 2.45) is 5.92 Å². The molecule has 0 spiro atoms. The van der Waals surface area contributed by atoms with Crippen molar-refractivity contribution in [2.45, 2.75) is 26.3 Å². The van der Waals surface area contributed by atoms with Crippen LogP contribution in [-0.4, -0.2) is 21.5 Å². The molecule has 1 fully saturated rings. The summed E-state index contributed by atoms with van der Waals surface area (Å²) in [4.78, 5) is 0. The van der Waals surface area contributed by atoms with Gasteiger partial charge in [-0.1, -0.05) is 22.9 Å². The molecule has 19 heavy (non-hydrogen) atoms. The second kappa shape index (κ2) is 5.31. The predicted octanol–water partition coefficient (Wildman–Crippen LogP) is 2.73. The number of hydrogen-bond donors (Lipinski definition) is 1. The Morgan fingerprint density at radius 1 is 1.42 bits per heavy atom. The van der Waals surface area contributed by atoms with E-state index < -0.39 is 0 Å². The Hall–Kier alpha value is -1.39. The lowest BCUT2D eigenvalue weighted by Crippen LogP contribution is -2.16. The molecule has 100 valence electrons. The zero-order valence-electron chi connectivity index (χ0n) is 10.9. The molecule has 1 heterocycles. The first kappa shape index (κ1) is 12.6. The van der Waals surface area contributed by atoms with Crippen LogP contribution in [-0.2, 0) is 6.54 Å². The molecule has 0 saturated heterocycles. The quantitative estimate of drug-likeness (QED) is 0.913. The Balaban J connectivity index is 1.70. The van der Waals surface area contributed by atoms with Crippen LogP contribution >= 0.6 is 11.6 Å². The lowest BCUT2D eigenvalue weighted by Gasteiger charge is -2.04. The van der Waals surface area contributed by atoms with Gasteiger partial charge >= 0.3 is 0 Å². The number of aromatic nitrogens is 3. The SMILES string of the molecule is Cc1ccc(Cl)c(-n2cc(CNCC3CC3)nn2)c1. The molecule has 0 bridgehead atoms. The van der Waals surface area contributed by atoms with E-state index in [2.05, 4.69) is 15.6 Å². The smallest absolute Gasteiger partial charge is 0.0969 e. The monoisotopic (exact) mass is 276 g/mol. The highest BCUT2D eigenvalue weighted by Crippen LogP contribution is 2.27. The fraction of sp³-hybridized carbons (Fsp3) is 0.429. The maximum Gasteiger partial charge on any atom is 0.0969 e. The van der Waals surface area contributed by atoms with Crippen molar-refractivity contribution < 1.29 is 0 Å². The van der Waals surface area contributed by atoms with E-state index in [4.69, 9.17) is 11.6 Å². The normalized spacial score (nSPS) is 14.8. The van der Waals surface area contributed by atoms with Crippen molar-refractivity contribution in [3.63, 3.8) is 0 Å². The fourth-order valence-corrected chi connectivity index (χ4v) is 2.23. The van der Waals surface area contributed by atoms with Crippen molar-refractivity contribution in [3.8, 4) is 5.69 Å². The minimum atomic E-state index is 0.688. The second-order valence-corrected chi connectivity index (χ2v) is 5.59. The van der Waals surface area contributed by atoms with E-state index in [0.717, 1.165) is 36.0 Å². The maximum atomic E-state index is 6.19. The summed E-state index contributed by atoms with van der Waals surface area (Å²) in [7, 11) is 0. The fourth-order valence-electron chi connectivity index (χ4n) is 2.02. The Morgan fingerprint density at radius 2 is 2.26 bits per heavy atom. The van der Waals surface area contributed by atoms with E-state index in [1.165, 1.54) is 12.8 Å². The van der Waals surface area contributed by atoms with Gasteiger partial charge in [-0.2, -0.15) is 0 Å². The number of aryl methyl sites for hydroxylation is 1. The molecule has 3 rings (SSSR count). The largest absolute Gasteiger partial charge is 0.311 e. The molecule has 5 heteroatoms. The summed E-state index contributed by atoms with van der Waals surface area (Å²) in [5.41, 5.74) is 2.98. The summed E-state index contributed by atoms with van der Waals surface area (Å²) in [5, 5.41) is 12.4. The molecule has 1 saturated carbocycles. The summed E-state index contributed by atoms with van der Waals surface area (Å²) in [6, 6.07) is 5.89. The third-order valence-corrected chi connectivity index (χ3v) is 3.64. The van der Waals surface area contributed by atoms with Crippen molar-refractivity contribution >= 4 is 11.6 Å². The molecule has 1 N–H and O–H groups in total. The molecule has 4 nitrogen and oxygen atoms in total. The number of nitrogens with one attached hydrogen (secondary N) is 1. The van der Waals surface area contributed by atoms with Crippen LogP contribution in [0.25, 0.3) is 5.69 Å². The molecule has 0 atom stereocenters. The van der Waals surface area contributed by atoms with Crippen LogP contribution in [0, 0.1) is 12.8 Å². The van der Waals surface area contributed by atoms with Gasteiger partial charge in [0.1, 0.15) is 0 Å². The van der Waals surface area contributed by atoms with Crippen molar-refractivity contribution in [1.82, 2.24) is 20.3 Å². The van der Waals surface area contributed by atoms with Crippen LogP contribution in [0.1, 0.15) is 24.1 Å². The van der Waals surface area contributed by atoms with Crippen LogP contribution in [0.15, 0.2) is 24.4 Å². The summed E-state index contributed by atoms with van der Waals surface area (Å²) < 4.78 is 1.74. The van der Waals surface area contributed by atoms with Gasteiger partial charge in [0.2, 0.25) is 0 Å². The Morgan fingerprint density at radius 3 is 3.05 bits per heavy atom. The van der Waals surface area contributed by atoms with Gasteiger partial charge < -0.3 is 5.32 Å². The summed E-state index contributed by atoms with van der Waals surface area (Å²) >= 11 is 6.19. The summed E-state index contributed by atoms with van der Waals surface area (Å²) in [6.07, 6.45) is 4.65. The molecule has 0 amide bonds. The molecular formula is C14H17ClN4. The molecule has 1 aliphatic carbocycles. The summed E-state index contributed by atoms with van der Waals surface area (Å²) in [6.45, 7) is 3.88. The second-order valence-electron chi connectivity index (χ2n) is 5.18. The first-order valence-corrected chi connectivity index (χ1v) is 6.98. The van der Waals surface area contributed by atoms with Gasteiger partial charge in [-0.15, -0.1) is 5.10 Å². The minimum Gasteiger partial charge on any atom is -0.311 e. The molecule has 0 aliphatic heterocycles. The number of hydrogen-bond acceptors (Lipinski definition) is 3. The third-order valence-electron chi connectivity index (χ3n) is 3.33. The first-order valence-electron chi connectivity index (χ1n) is 6.61. The van der Waals surface area contributed by atoms with Crippen molar-refractivity contribution in [1.29, 1.82) is 0 Å². The highest BCUT2D eigenvalue weighted by atomic mass is 35.5. The van der Waals surface area contributed by atoms with Gasteiger partial charge in [0.05, 0.1) is 22.6 Å². The zero-order valence-corrected chi connectivity index (χ0v) is 11.7. The molecular weight excluding hydrogens is 260 g/mol. The average molecular weight is 277 g/mol. The van der Waals surface area contributed by atoms with Crippen LogP contribution in [0.2, 0.25) is 5.02 Å². The standard InChI is InChI=1S/C14H17ClN4/c1-10-2-5-13(15)14(6-10)19-9-12(17-18-19)8-16-7-11-3-4-11/h2,5-6,9,11,16H,3-4,7-8H2,1H3. The lowest BCUT2D eigenvalue weighted by atomic mass is 10.2. The number of nitrogens with zero attached hydrogens (tertiary/aromatic N) is 3. The number of halogens is 1. The average Bonchev–Trinajstić information content (AvgIpc) is 3.10. The molecule has 1 aliphatic rings. The van der Waals surface area contributed by atoms with E-state index in [9.17, 15) is 0 Å². The van der Waals surface area contributed by atoms with E-state index in [1.54, 1.807) is 4.68 Å². The highest BCUT2D eigenvalue weighted by molar-refractivity contribution is 6.32. The van der Waals surface area contributed by atoms with E-state index in [-0.39, 0.29) is 0 Å². The molecule has 1 aromatic heterocycles. The molecule has 0 radical (unpaired) electrons. The van der Waals surface area contributed by atoms with E-state index >= 15 is 0 Å². The van der Waals surface area contributed by atoms with Gasteiger partial charge in [0.25, 0.3) is 0 Å². The Kier molecular flexibility index (Phi) is 3.53. The van der Waals surface area contributed by atoms with Crippen LogP contribution in [0.4, 0.5) is 0 Å². The van der Waals surface area contributed by atoms with Crippen molar-refractivity contribution in [2.75, 3.05) is 6.54 Å². The highest BCUT2D eigenvalue weighted by Gasteiger charge is 2.20. The Bertz CT molecular complexity index is 575. The topological polar surface area (TPSA) is 42.7 Å². The van der Waals surface area contributed by atoms with E-state index in [0.29, 0.717) is 5.02 Å². The van der Waals surface area contributed by atoms with Crippen LogP contribution in [0.3, 0.4) is 0 Å². The molecule has 1 aromatic carbocycles. The third kappa shape index (κ3) is 3.14. The Labute approximate surface area is 117 Å². The van der Waals surface area contributed by atoms with Gasteiger partial charge in [-0.25, -0.2) is 4.68 Å². The van der Waals surface area contributed by atoms with Crippen LogP contribution in [0.5, 0.6) is 0 Å². The van der Waals surface area contributed by atoms with E-state index in [1.807, 2.05) is 31.3 Å². The first-order chi connectivity index (χ1) is 9.22. The van der Waals surface area contributed by atoms with Gasteiger partial charge in [0.15, 0.2) is 0 Å². The van der Waals surface area contributed by atoms with Gasteiger partial charge in [-0.3, -0.25) is 0 Å². The molecule has 2 aromatic rings. The van der Waals surface area contributed by atoms with Gasteiger partial charge in [0, 0.05) is 6.54 Å². The summed E-state index contributed by atoms with van der Waals surface area (Å²) in [5.74, 6) is 0.876. The van der Waals surface area contributed by atoms with Crippen molar-refractivity contribution in [3.05, 3.63) is 40.7 Å². The van der Waals surface area contributed by atoms with Crippen LogP contribution < -0.4 is 5.32 Å². The zero-order chi connectivity index (χ0) is 13.2. The minimum absolute atomic E-state index is 0.688. The predicted molar refractivity (Wildman–Crippen MR) is 75.5 cm³/mol.